The Bertz CT molecular complexity index is 263. The van der Waals surface area contributed by atoms with Gasteiger partial charge in [0.1, 0.15) is 6.61 Å². The van der Waals surface area contributed by atoms with Gasteiger partial charge in [0.25, 0.3) is 0 Å². The van der Waals surface area contributed by atoms with E-state index in [0.717, 1.165) is 25.7 Å². The van der Waals surface area contributed by atoms with Gasteiger partial charge in [-0.2, -0.15) is 4.98 Å². The second kappa shape index (κ2) is 4.52. The Morgan fingerprint density at radius 3 is 3.21 bits per heavy atom. The van der Waals surface area contributed by atoms with Crippen LogP contribution in [0.15, 0.2) is 10.9 Å². The van der Waals surface area contributed by atoms with Crippen LogP contribution >= 0.6 is 0 Å². The number of hydrogen-bond donors (Lipinski definition) is 1. The molecule has 14 heavy (non-hydrogen) atoms. The van der Waals surface area contributed by atoms with E-state index in [-0.39, 0.29) is 6.10 Å². The predicted octanol–water partition coefficient (Wildman–Crippen LogP) is 0.856. The molecule has 0 bridgehead atoms. The first-order valence-electron chi connectivity index (χ1n) is 4.97. The predicted molar refractivity (Wildman–Crippen MR) is 49.3 cm³/mol. The molecule has 5 heteroatoms. The van der Waals surface area contributed by atoms with Crippen LogP contribution in [0.2, 0.25) is 0 Å². The fraction of sp³-hybridized carbons (Fsp3) is 0.778. The molecule has 2 atom stereocenters. The Kier molecular flexibility index (Phi) is 3.10. The van der Waals surface area contributed by atoms with Gasteiger partial charge in [-0.3, -0.25) is 0 Å². The van der Waals surface area contributed by atoms with Crippen LogP contribution in [0.25, 0.3) is 0 Å². The summed E-state index contributed by atoms with van der Waals surface area (Å²) in [4.78, 5) is 3.89. The molecule has 0 radical (unpaired) electrons. The first kappa shape index (κ1) is 9.61. The number of hydrogen-bond acceptors (Lipinski definition) is 5. The van der Waals surface area contributed by atoms with Gasteiger partial charge in [-0.1, -0.05) is 5.16 Å². The molecule has 0 aromatic carbocycles. The second-order valence-corrected chi connectivity index (χ2v) is 3.71. The summed E-state index contributed by atoms with van der Waals surface area (Å²) >= 11 is 0. The summed E-state index contributed by atoms with van der Waals surface area (Å²) in [5.74, 6) is 0.601. The van der Waals surface area contributed by atoms with Gasteiger partial charge < -0.3 is 15.0 Å². The minimum atomic E-state index is 0.261. The van der Waals surface area contributed by atoms with Crippen LogP contribution in [0.3, 0.4) is 0 Å². The quantitative estimate of drug-likeness (QED) is 0.777. The lowest BCUT2D eigenvalue weighted by Gasteiger charge is -2.26. The zero-order valence-corrected chi connectivity index (χ0v) is 8.06. The summed E-state index contributed by atoms with van der Waals surface area (Å²) in [6.07, 6.45) is 5.87. The molecule has 0 saturated heterocycles. The Hall–Kier alpha value is -0.940. The minimum absolute atomic E-state index is 0.261. The number of nitrogens with zero attached hydrogens (tertiary/aromatic N) is 2. The normalized spacial score (nSPS) is 27.8. The maximum absolute atomic E-state index is 5.84. The SMILES string of the molecule is NC1CCCC(OCc2ncon2)C1. The van der Waals surface area contributed by atoms with Crippen molar-refractivity contribution in [1.82, 2.24) is 10.1 Å². The second-order valence-electron chi connectivity index (χ2n) is 3.71. The van der Waals surface area contributed by atoms with Crippen molar-refractivity contribution in [2.75, 3.05) is 0 Å². The largest absolute Gasteiger partial charge is 0.370 e. The first-order chi connectivity index (χ1) is 6.84. The van der Waals surface area contributed by atoms with E-state index >= 15 is 0 Å². The monoisotopic (exact) mass is 197 g/mol. The number of ether oxygens (including phenoxy) is 1. The van der Waals surface area contributed by atoms with Crippen molar-refractivity contribution < 1.29 is 9.26 Å². The highest BCUT2D eigenvalue weighted by Gasteiger charge is 2.19. The third kappa shape index (κ3) is 2.52. The van der Waals surface area contributed by atoms with Gasteiger partial charge >= 0.3 is 0 Å². The van der Waals surface area contributed by atoms with Gasteiger partial charge in [-0.05, 0) is 25.7 Å². The molecule has 1 aliphatic rings. The lowest BCUT2D eigenvalue weighted by Crippen LogP contribution is -2.32. The van der Waals surface area contributed by atoms with E-state index < -0.39 is 0 Å². The maximum Gasteiger partial charge on any atom is 0.213 e. The molecule has 2 N–H and O–H groups in total. The zero-order chi connectivity index (χ0) is 9.80. The Morgan fingerprint density at radius 1 is 1.57 bits per heavy atom. The van der Waals surface area contributed by atoms with Crippen molar-refractivity contribution in [3.05, 3.63) is 12.2 Å². The average molecular weight is 197 g/mol. The molecule has 0 amide bonds. The van der Waals surface area contributed by atoms with Crippen molar-refractivity contribution in [2.24, 2.45) is 5.73 Å². The fourth-order valence-corrected chi connectivity index (χ4v) is 1.78. The van der Waals surface area contributed by atoms with Crippen molar-refractivity contribution >= 4 is 0 Å². The molecule has 1 aromatic rings. The zero-order valence-electron chi connectivity index (χ0n) is 8.06. The van der Waals surface area contributed by atoms with Gasteiger partial charge in [-0.15, -0.1) is 0 Å². The van der Waals surface area contributed by atoms with Crippen LogP contribution in [-0.2, 0) is 11.3 Å². The molecule has 1 heterocycles. The minimum Gasteiger partial charge on any atom is -0.370 e. The summed E-state index contributed by atoms with van der Waals surface area (Å²) < 4.78 is 10.2. The highest BCUT2D eigenvalue weighted by atomic mass is 16.5. The van der Waals surface area contributed by atoms with Crippen LogP contribution in [0, 0.1) is 0 Å². The van der Waals surface area contributed by atoms with E-state index in [1.807, 2.05) is 0 Å². The molecule has 2 rings (SSSR count). The summed E-state index contributed by atoms with van der Waals surface area (Å²) in [5, 5.41) is 3.68. The molecule has 5 nitrogen and oxygen atoms in total. The van der Waals surface area contributed by atoms with Crippen LogP contribution in [0.5, 0.6) is 0 Å². The molecule has 78 valence electrons. The molecule has 2 unspecified atom stereocenters. The smallest absolute Gasteiger partial charge is 0.213 e. The van der Waals surface area contributed by atoms with Gasteiger partial charge in [0.2, 0.25) is 6.39 Å². The van der Waals surface area contributed by atoms with Gasteiger partial charge in [0, 0.05) is 6.04 Å². The van der Waals surface area contributed by atoms with E-state index in [4.69, 9.17) is 10.5 Å². The molecule has 1 aliphatic carbocycles. The standard InChI is InChI=1S/C9H15N3O2/c10-7-2-1-3-8(4-7)13-5-9-11-6-14-12-9/h6-8H,1-5,10H2. The summed E-state index contributed by atoms with van der Waals surface area (Å²) in [6.45, 7) is 0.424. The van der Waals surface area contributed by atoms with E-state index in [1.54, 1.807) is 0 Å². The summed E-state index contributed by atoms with van der Waals surface area (Å²) in [6, 6.07) is 0.291. The van der Waals surface area contributed by atoms with Crippen molar-refractivity contribution in [3.63, 3.8) is 0 Å². The highest BCUT2D eigenvalue weighted by Crippen LogP contribution is 2.20. The third-order valence-corrected chi connectivity index (χ3v) is 2.52. The van der Waals surface area contributed by atoms with E-state index in [1.165, 1.54) is 6.39 Å². The summed E-state index contributed by atoms with van der Waals surface area (Å²) in [5.41, 5.74) is 5.84. The molecule has 0 aliphatic heterocycles. The van der Waals surface area contributed by atoms with Crippen LogP contribution in [0.1, 0.15) is 31.5 Å². The lowest BCUT2D eigenvalue weighted by atomic mass is 9.94. The maximum atomic E-state index is 5.84. The van der Waals surface area contributed by atoms with E-state index in [2.05, 4.69) is 14.7 Å². The molecule has 1 aromatic heterocycles. The van der Waals surface area contributed by atoms with E-state index in [9.17, 15) is 0 Å². The fourth-order valence-electron chi connectivity index (χ4n) is 1.78. The summed E-state index contributed by atoms with van der Waals surface area (Å²) in [7, 11) is 0. The average Bonchev–Trinajstić information content (AvgIpc) is 2.67. The van der Waals surface area contributed by atoms with Crippen molar-refractivity contribution in [3.8, 4) is 0 Å². The molecular formula is C9H15N3O2. The topological polar surface area (TPSA) is 74.2 Å². The molecule has 1 fully saturated rings. The molecule has 1 saturated carbocycles. The van der Waals surface area contributed by atoms with Gasteiger partial charge in [-0.25, -0.2) is 0 Å². The van der Waals surface area contributed by atoms with Gasteiger partial charge in [0.15, 0.2) is 5.82 Å². The number of nitrogens with two attached hydrogens (primary N) is 1. The van der Waals surface area contributed by atoms with Crippen LogP contribution in [0.4, 0.5) is 0 Å². The molecular weight excluding hydrogens is 182 g/mol. The number of rotatable bonds is 3. The first-order valence-corrected chi connectivity index (χ1v) is 4.97. The van der Waals surface area contributed by atoms with Crippen LogP contribution in [-0.4, -0.2) is 22.3 Å². The van der Waals surface area contributed by atoms with Gasteiger partial charge in [0.05, 0.1) is 6.10 Å². The molecule has 0 spiro atoms. The highest BCUT2D eigenvalue weighted by molar-refractivity contribution is 4.78. The van der Waals surface area contributed by atoms with Crippen LogP contribution < -0.4 is 5.73 Å². The Labute approximate surface area is 82.6 Å². The third-order valence-electron chi connectivity index (χ3n) is 2.52. The van der Waals surface area contributed by atoms with Crippen molar-refractivity contribution in [1.29, 1.82) is 0 Å². The van der Waals surface area contributed by atoms with Crippen molar-refractivity contribution in [2.45, 2.75) is 44.4 Å². The van der Waals surface area contributed by atoms with E-state index in [0.29, 0.717) is 18.5 Å². The lowest BCUT2D eigenvalue weighted by molar-refractivity contribution is 0.00830. The Balaban J connectivity index is 1.75. The Morgan fingerprint density at radius 2 is 2.50 bits per heavy atom. The number of aromatic nitrogens is 2.